The van der Waals surface area contributed by atoms with E-state index in [1.807, 2.05) is 6.92 Å². The van der Waals surface area contributed by atoms with Crippen LogP contribution < -0.4 is 9.46 Å². The van der Waals surface area contributed by atoms with Crippen molar-refractivity contribution in [1.82, 2.24) is 29.7 Å². The Bertz CT molecular complexity index is 1470. The Morgan fingerprint density at radius 3 is 2.28 bits per heavy atom. The van der Waals surface area contributed by atoms with Crippen molar-refractivity contribution in [3.8, 4) is 23.1 Å². The van der Waals surface area contributed by atoms with E-state index < -0.39 is 44.5 Å². The first-order valence-electron chi connectivity index (χ1n) is 10.8. The monoisotopic (exact) mass is 515 g/mol. The van der Waals surface area contributed by atoms with Crippen molar-refractivity contribution in [2.24, 2.45) is 0 Å². The number of nitrogens with zero attached hydrogens (tertiary/aromatic N) is 6. The first kappa shape index (κ1) is 25.1. The third-order valence-electron chi connectivity index (χ3n) is 5.62. The quantitative estimate of drug-likeness (QED) is 0.377. The maximum Gasteiger partial charge on any atom is 0.243 e. The van der Waals surface area contributed by atoms with E-state index in [2.05, 4.69) is 29.9 Å². The molecule has 13 heteroatoms. The number of aryl methyl sites for hydroxylation is 1. The minimum Gasteiger partial charge on any atom is -0.481 e. The van der Waals surface area contributed by atoms with E-state index in [-0.39, 0.29) is 17.4 Å². The van der Waals surface area contributed by atoms with E-state index in [0.29, 0.717) is 5.82 Å². The fourth-order valence-corrected chi connectivity index (χ4v) is 4.65. The number of hydrogen-bond acceptors (Lipinski definition) is 8. The number of ether oxygens (including phenoxy) is 1. The molecule has 0 saturated carbocycles. The standard InChI is InChI=1S/C23H23F2N7O3S/c1-13-11-26-21(27-12-13)14(2)15(3)36(33,34)31-23-30-29-22(18-9-6-10-19(28-18)35-4)32(23)20-16(24)7-5-8-17(20)25/h5-12,14-15H,1-4H3,(H,30,31)/t14-,15+/m0/s1. The number of anilines is 1. The van der Waals surface area contributed by atoms with E-state index >= 15 is 0 Å². The number of benzene rings is 1. The molecule has 1 aromatic carbocycles. The molecule has 2 atom stereocenters. The average molecular weight is 516 g/mol. The first-order chi connectivity index (χ1) is 17.1. The second-order valence-corrected chi connectivity index (χ2v) is 10.1. The van der Waals surface area contributed by atoms with Crippen LogP contribution in [0.15, 0.2) is 48.8 Å². The van der Waals surface area contributed by atoms with Gasteiger partial charge in [-0.3, -0.25) is 9.29 Å². The lowest BCUT2D eigenvalue weighted by Gasteiger charge is -2.20. The van der Waals surface area contributed by atoms with Crippen LogP contribution in [-0.4, -0.2) is 50.5 Å². The molecular weight excluding hydrogens is 492 g/mol. The summed E-state index contributed by atoms with van der Waals surface area (Å²) < 4.78 is 64.7. The van der Waals surface area contributed by atoms with Crippen LogP contribution in [0.5, 0.6) is 5.88 Å². The topological polar surface area (TPSA) is 125 Å². The summed E-state index contributed by atoms with van der Waals surface area (Å²) in [6, 6.07) is 7.98. The van der Waals surface area contributed by atoms with E-state index in [4.69, 9.17) is 4.74 Å². The highest BCUT2D eigenvalue weighted by molar-refractivity contribution is 7.93. The zero-order valence-electron chi connectivity index (χ0n) is 19.8. The van der Waals surface area contributed by atoms with Crippen molar-refractivity contribution in [2.45, 2.75) is 31.9 Å². The van der Waals surface area contributed by atoms with E-state index in [1.54, 1.807) is 31.5 Å². The highest BCUT2D eigenvalue weighted by atomic mass is 32.2. The van der Waals surface area contributed by atoms with Gasteiger partial charge in [-0.25, -0.2) is 32.2 Å². The fraction of sp³-hybridized carbons (Fsp3) is 0.261. The molecule has 0 fully saturated rings. The van der Waals surface area contributed by atoms with Crippen molar-refractivity contribution >= 4 is 16.0 Å². The molecule has 0 aliphatic carbocycles. The van der Waals surface area contributed by atoms with Gasteiger partial charge in [-0.2, -0.15) is 0 Å². The van der Waals surface area contributed by atoms with Crippen LogP contribution in [0.1, 0.15) is 31.2 Å². The Morgan fingerprint density at radius 2 is 1.64 bits per heavy atom. The van der Waals surface area contributed by atoms with Crippen LogP contribution in [0.25, 0.3) is 17.2 Å². The molecule has 0 spiro atoms. The van der Waals surface area contributed by atoms with Gasteiger partial charge in [-0.05, 0) is 37.6 Å². The molecule has 0 unspecified atom stereocenters. The molecule has 0 bridgehead atoms. The van der Waals surface area contributed by atoms with Crippen molar-refractivity contribution in [2.75, 3.05) is 11.8 Å². The van der Waals surface area contributed by atoms with Crippen LogP contribution in [0, 0.1) is 18.6 Å². The van der Waals surface area contributed by atoms with Crippen molar-refractivity contribution in [3.63, 3.8) is 0 Å². The molecule has 4 aromatic rings. The van der Waals surface area contributed by atoms with E-state index in [1.165, 1.54) is 26.2 Å². The minimum atomic E-state index is -4.15. The molecule has 0 aliphatic rings. The van der Waals surface area contributed by atoms with Crippen LogP contribution in [0.3, 0.4) is 0 Å². The zero-order chi connectivity index (χ0) is 26.0. The number of methoxy groups -OCH3 is 1. The normalized spacial score (nSPS) is 13.3. The van der Waals surface area contributed by atoms with Gasteiger partial charge in [0.1, 0.15) is 28.8 Å². The van der Waals surface area contributed by atoms with Crippen molar-refractivity contribution in [3.05, 3.63) is 71.8 Å². The molecule has 188 valence electrons. The summed E-state index contributed by atoms with van der Waals surface area (Å²) in [5, 5.41) is 6.85. The largest absolute Gasteiger partial charge is 0.481 e. The maximum atomic E-state index is 14.9. The number of sulfonamides is 1. The van der Waals surface area contributed by atoms with Gasteiger partial charge < -0.3 is 4.74 Å². The van der Waals surface area contributed by atoms with Gasteiger partial charge in [-0.15, -0.1) is 10.2 Å². The Labute approximate surface area is 206 Å². The summed E-state index contributed by atoms with van der Waals surface area (Å²) in [4.78, 5) is 12.7. The average Bonchev–Trinajstić information content (AvgIpc) is 3.25. The minimum absolute atomic E-state index is 0.0989. The van der Waals surface area contributed by atoms with Crippen LogP contribution in [-0.2, 0) is 10.0 Å². The molecule has 4 rings (SSSR count). The lowest BCUT2D eigenvalue weighted by atomic mass is 10.1. The summed E-state index contributed by atoms with van der Waals surface area (Å²) in [5.74, 6) is -2.47. The van der Waals surface area contributed by atoms with E-state index in [9.17, 15) is 17.2 Å². The highest BCUT2D eigenvalue weighted by Crippen LogP contribution is 2.30. The number of hydrogen-bond donors (Lipinski definition) is 1. The lowest BCUT2D eigenvalue weighted by molar-refractivity contribution is 0.398. The van der Waals surface area contributed by atoms with Gasteiger partial charge in [0, 0.05) is 24.4 Å². The number of pyridine rings is 1. The first-order valence-corrected chi connectivity index (χ1v) is 12.4. The van der Waals surface area contributed by atoms with Gasteiger partial charge in [0.2, 0.25) is 21.9 Å². The van der Waals surface area contributed by atoms with Crippen molar-refractivity contribution in [1.29, 1.82) is 0 Å². The SMILES string of the molecule is COc1cccc(-c2nnc(NS(=O)(=O)[C@H](C)[C@H](C)c3ncc(C)cn3)n2-c2c(F)cccc2F)n1. The third kappa shape index (κ3) is 4.87. The summed E-state index contributed by atoms with van der Waals surface area (Å²) >= 11 is 0. The van der Waals surface area contributed by atoms with E-state index in [0.717, 1.165) is 22.3 Å². The number of para-hydroxylation sites is 1. The van der Waals surface area contributed by atoms with Crippen LogP contribution in [0.2, 0.25) is 0 Å². The molecule has 0 radical (unpaired) electrons. The third-order valence-corrected chi connectivity index (χ3v) is 7.48. The molecule has 36 heavy (non-hydrogen) atoms. The zero-order valence-corrected chi connectivity index (χ0v) is 20.7. The summed E-state index contributed by atoms with van der Waals surface area (Å²) in [5.41, 5.74) is 0.421. The number of aromatic nitrogens is 6. The van der Waals surface area contributed by atoms with Gasteiger partial charge in [0.15, 0.2) is 5.82 Å². The fourth-order valence-electron chi connectivity index (χ4n) is 3.42. The number of rotatable bonds is 8. The van der Waals surface area contributed by atoms with Gasteiger partial charge in [-0.1, -0.05) is 19.1 Å². The van der Waals surface area contributed by atoms with Crippen LogP contribution in [0.4, 0.5) is 14.7 Å². The molecule has 3 aromatic heterocycles. The second-order valence-electron chi connectivity index (χ2n) is 8.08. The van der Waals surface area contributed by atoms with Gasteiger partial charge in [0.05, 0.1) is 12.4 Å². The number of nitrogens with one attached hydrogen (secondary N) is 1. The maximum absolute atomic E-state index is 14.9. The lowest BCUT2D eigenvalue weighted by Crippen LogP contribution is -2.31. The molecule has 10 nitrogen and oxygen atoms in total. The summed E-state index contributed by atoms with van der Waals surface area (Å²) in [7, 11) is -2.74. The Kier molecular flexibility index (Phi) is 6.93. The second kappa shape index (κ2) is 9.93. The predicted octanol–water partition coefficient (Wildman–Crippen LogP) is 3.65. The Morgan fingerprint density at radius 1 is 1.00 bits per heavy atom. The number of halogens is 2. The van der Waals surface area contributed by atoms with Gasteiger partial charge in [0.25, 0.3) is 0 Å². The Balaban J connectivity index is 1.80. The smallest absolute Gasteiger partial charge is 0.243 e. The molecular formula is C23H23F2N7O3S. The van der Waals surface area contributed by atoms with Crippen molar-refractivity contribution < 1.29 is 21.9 Å². The van der Waals surface area contributed by atoms with Gasteiger partial charge >= 0.3 is 0 Å². The summed E-state index contributed by atoms with van der Waals surface area (Å²) in [6.45, 7) is 4.96. The molecule has 0 amide bonds. The predicted molar refractivity (Wildman–Crippen MR) is 128 cm³/mol. The van der Waals surface area contributed by atoms with Crippen LogP contribution >= 0.6 is 0 Å². The molecule has 3 heterocycles. The molecule has 0 aliphatic heterocycles. The Hall–Kier alpha value is -4.00. The molecule has 0 saturated heterocycles. The molecule has 1 N–H and O–H groups in total. The summed E-state index contributed by atoms with van der Waals surface area (Å²) in [6.07, 6.45) is 3.19. The highest BCUT2D eigenvalue weighted by Gasteiger charge is 2.32.